The van der Waals surface area contributed by atoms with Crippen LogP contribution in [0.1, 0.15) is 16.7 Å². The first kappa shape index (κ1) is 19.1. The average Bonchev–Trinajstić information content (AvgIpc) is 2.62. The average molecular weight is 357 g/mol. The fourth-order valence-corrected chi connectivity index (χ4v) is 3.19. The lowest BCUT2D eigenvalue weighted by atomic mass is 10.1. The first-order chi connectivity index (χ1) is 12.1. The molecule has 4 nitrogen and oxygen atoms in total. The Morgan fingerprint density at radius 1 is 1.20 bits per heavy atom. The molecule has 1 atom stereocenters. The highest BCUT2D eigenvalue weighted by atomic mass is 32.2. The third-order valence-electron chi connectivity index (χ3n) is 3.85. The van der Waals surface area contributed by atoms with E-state index < -0.39 is 5.25 Å². The first-order valence-electron chi connectivity index (χ1n) is 8.20. The van der Waals surface area contributed by atoms with Gasteiger partial charge in [0.1, 0.15) is 5.75 Å². The Balaban J connectivity index is 1.86. The van der Waals surface area contributed by atoms with Crippen molar-refractivity contribution in [2.75, 3.05) is 13.7 Å². The van der Waals surface area contributed by atoms with Gasteiger partial charge < -0.3 is 10.1 Å². The highest BCUT2D eigenvalue weighted by molar-refractivity contribution is 8.13. The number of nitrogens with one attached hydrogen (secondary N) is 1. The molecule has 0 saturated heterocycles. The van der Waals surface area contributed by atoms with Crippen molar-refractivity contribution in [3.05, 3.63) is 65.2 Å². The molecule has 0 aliphatic heterocycles. The highest BCUT2D eigenvalue weighted by Gasteiger charge is 2.18. The molecule has 2 aromatic rings. The van der Waals surface area contributed by atoms with Crippen molar-refractivity contribution in [1.29, 1.82) is 0 Å². The van der Waals surface area contributed by atoms with Crippen molar-refractivity contribution in [3.8, 4) is 5.75 Å². The van der Waals surface area contributed by atoms with E-state index in [1.165, 1.54) is 11.1 Å². The van der Waals surface area contributed by atoms with Crippen molar-refractivity contribution in [3.63, 3.8) is 0 Å². The lowest BCUT2D eigenvalue weighted by Gasteiger charge is -2.12. The Kier molecular flexibility index (Phi) is 7.54. The monoisotopic (exact) mass is 357 g/mol. The van der Waals surface area contributed by atoms with Gasteiger partial charge in [-0.3, -0.25) is 9.59 Å². The molecule has 0 bridgehead atoms. The topological polar surface area (TPSA) is 55.4 Å². The van der Waals surface area contributed by atoms with E-state index >= 15 is 0 Å². The van der Waals surface area contributed by atoms with Gasteiger partial charge in [0.2, 0.25) is 5.91 Å². The molecule has 1 amide bonds. The van der Waals surface area contributed by atoms with Crippen LogP contribution in [0.2, 0.25) is 0 Å². The van der Waals surface area contributed by atoms with E-state index in [0.29, 0.717) is 18.6 Å². The normalized spacial score (nSPS) is 11.6. The summed E-state index contributed by atoms with van der Waals surface area (Å²) in [6.07, 6.45) is 1.37. The van der Waals surface area contributed by atoms with Crippen molar-refractivity contribution < 1.29 is 14.3 Å². The Morgan fingerprint density at radius 3 is 2.60 bits per heavy atom. The summed E-state index contributed by atoms with van der Waals surface area (Å²) in [5, 5.41) is 2.18. The van der Waals surface area contributed by atoms with Gasteiger partial charge in [0, 0.05) is 13.5 Å². The molecule has 1 N–H and O–H groups in total. The highest BCUT2D eigenvalue weighted by Crippen LogP contribution is 2.18. The van der Waals surface area contributed by atoms with Crippen LogP contribution in [0, 0.1) is 6.92 Å². The van der Waals surface area contributed by atoms with Gasteiger partial charge in [-0.25, -0.2) is 0 Å². The first-order valence-corrected chi connectivity index (χ1v) is 9.14. The lowest BCUT2D eigenvalue weighted by molar-refractivity contribution is -0.120. The molecule has 2 aromatic carbocycles. The van der Waals surface area contributed by atoms with E-state index in [2.05, 4.69) is 36.5 Å². The number of benzene rings is 2. The Labute approximate surface area is 153 Å². The molecule has 0 spiro atoms. The van der Waals surface area contributed by atoms with Crippen LogP contribution < -0.4 is 10.1 Å². The predicted octanol–water partition coefficient (Wildman–Crippen LogP) is 3.20. The number of carbonyl (C=O) groups is 2. The zero-order chi connectivity index (χ0) is 18.1. The number of hydrogen-bond acceptors (Lipinski definition) is 4. The largest absolute Gasteiger partial charge is 0.493 e. The van der Waals surface area contributed by atoms with E-state index in [0.717, 1.165) is 29.5 Å². The van der Waals surface area contributed by atoms with Gasteiger partial charge in [-0.05, 0) is 36.6 Å². The van der Waals surface area contributed by atoms with E-state index in [-0.39, 0.29) is 5.91 Å². The fourth-order valence-electron chi connectivity index (χ4n) is 2.52. The van der Waals surface area contributed by atoms with Gasteiger partial charge in [0.25, 0.3) is 0 Å². The summed E-state index contributed by atoms with van der Waals surface area (Å²) in [7, 11) is 1.58. The second kappa shape index (κ2) is 9.89. The van der Waals surface area contributed by atoms with Crippen molar-refractivity contribution in [2.24, 2.45) is 0 Å². The maximum atomic E-state index is 11.8. The standard InChI is InChI=1S/C20H23NO3S/c1-15-4-3-5-16(12-15)10-11-24-18-8-6-17(7-9-18)13-19(25-14-22)20(23)21-2/h3-9,12,14,19H,10-11,13H2,1-2H3,(H,21,23). The van der Waals surface area contributed by atoms with Crippen LogP contribution in [0.3, 0.4) is 0 Å². The summed E-state index contributed by atoms with van der Waals surface area (Å²) in [6, 6.07) is 16.1. The maximum absolute atomic E-state index is 11.8. The number of aryl methyl sites for hydroxylation is 1. The summed E-state index contributed by atoms with van der Waals surface area (Å²) < 4.78 is 5.79. The second-order valence-electron chi connectivity index (χ2n) is 5.77. The molecule has 0 aliphatic rings. The van der Waals surface area contributed by atoms with E-state index in [1.54, 1.807) is 7.05 Å². The molecule has 0 aliphatic carbocycles. The molecule has 0 radical (unpaired) electrons. The molecular formula is C20H23NO3S. The van der Waals surface area contributed by atoms with Crippen LogP contribution in [0.15, 0.2) is 48.5 Å². The zero-order valence-electron chi connectivity index (χ0n) is 14.5. The van der Waals surface area contributed by atoms with Gasteiger partial charge in [0.05, 0.1) is 11.9 Å². The van der Waals surface area contributed by atoms with Crippen molar-refractivity contribution in [1.82, 2.24) is 5.32 Å². The minimum atomic E-state index is -0.407. The number of hydrogen-bond donors (Lipinski definition) is 1. The number of amides is 1. The van der Waals surface area contributed by atoms with Crippen LogP contribution >= 0.6 is 11.8 Å². The van der Waals surface area contributed by atoms with E-state index in [4.69, 9.17) is 4.74 Å². The number of thioether (sulfide) groups is 1. The Bertz CT molecular complexity index is 700. The molecular weight excluding hydrogens is 334 g/mol. The summed E-state index contributed by atoms with van der Waals surface area (Å²) in [5.74, 6) is 0.659. The van der Waals surface area contributed by atoms with Crippen LogP contribution in [0.25, 0.3) is 0 Å². The third kappa shape index (κ3) is 6.27. The summed E-state index contributed by atoms with van der Waals surface area (Å²) in [4.78, 5) is 22.5. The Morgan fingerprint density at radius 2 is 1.96 bits per heavy atom. The van der Waals surface area contributed by atoms with Gasteiger partial charge >= 0.3 is 0 Å². The van der Waals surface area contributed by atoms with Crippen molar-refractivity contribution in [2.45, 2.75) is 25.0 Å². The maximum Gasteiger partial charge on any atom is 0.233 e. The molecule has 25 heavy (non-hydrogen) atoms. The van der Waals surface area contributed by atoms with Gasteiger partial charge in [-0.2, -0.15) is 0 Å². The molecule has 0 saturated carbocycles. The van der Waals surface area contributed by atoms with E-state index in [1.807, 2.05) is 24.3 Å². The summed E-state index contributed by atoms with van der Waals surface area (Å²) in [6.45, 7) is 2.70. The van der Waals surface area contributed by atoms with Crippen LogP contribution in [0.5, 0.6) is 5.75 Å². The van der Waals surface area contributed by atoms with Crippen LogP contribution in [0.4, 0.5) is 0 Å². The minimum Gasteiger partial charge on any atom is -0.493 e. The summed E-state index contributed by atoms with van der Waals surface area (Å²) >= 11 is 0.997. The lowest BCUT2D eigenvalue weighted by Crippen LogP contribution is -2.31. The van der Waals surface area contributed by atoms with E-state index in [9.17, 15) is 9.59 Å². The Hall–Kier alpha value is -2.27. The molecule has 0 fully saturated rings. The van der Waals surface area contributed by atoms with Crippen LogP contribution in [-0.2, 0) is 22.4 Å². The van der Waals surface area contributed by atoms with Gasteiger partial charge in [0.15, 0.2) is 5.62 Å². The third-order valence-corrected chi connectivity index (χ3v) is 4.67. The zero-order valence-corrected chi connectivity index (χ0v) is 15.3. The van der Waals surface area contributed by atoms with Gasteiger partial charge in [-0.15, -0.1) is 0 Å². The molecule has 1 unspecified atom stereocenters. The quantitative estimate of drug-likeness (QED) is 0.700. The molecule has 132 valence electrons. The molecule has 2 rings (SSSR count). The van der Waals surface area contributed by atoms with Gasteiger partial charge in [-0.1, -0.05) is 53.7 Å². The minimum absolute atomic E-state index is 0.143. The SMILES string of the molecule is CNC(=O)C(Cc1ccc(OCCc2cccc(C)c2)cc1)SC=O. The molecule has 5 heteroatoms. The number of rotatable bonds is 9. The molecule has 0 aromatic heterocycles. The predicted molar refractivity (Wildman–Crippen MR) is 103 cm³/mol. The molecule has 0 heterocycles. The number of ether oxygens (including phenoxy) is 1. The second-order valence-corrected chi connectivity index (χ2v) is 6.80. The summed E-state index contributed by atoms with van der Waals surface area (Å²) in [5.41, 5.74) is 4.22. The fraction of sp³-hybridized carbons (Fsp3) is 0.300. The smallest absolute Gasteiger partial charge is 0.233 e. The van der Waals surface area contributed by atoms with Crippen LogP contribution in [-0.4, -0.2) is 30.4 Å². The number of carbonyl (C=O) groups excluding carboxylic acids is 2. The van der Waals surface area contributed by atoms with Crippen molar-refractivity contribution >= 4 is 23.3 Å².